The number of amidine groups is 1. The number of nitrogens with zero attached hydrogens (tertiary/aromatic N) is 2. The van der Waals surface area contributed by atoms with Crippen molar-refractivity contribution in [3.05, 3.63) is 66.0 Å². The van der Waals surface area contributed by atoms with Crippen LogP contribution in [-0.2, 0) is 6.54 Å². The molecule has 110 valence electrons. The Morgan fingerprint density at radius 1 is 1.05 bits per heavy atom. The van der Waals surface area contributed by atoms with E-state index in [0.717, 1.165) is 5.56 Å². The van der Waals surface area contributed by atoms with Gasteiger partial charge < -0.3 is 0 Å². The van der Waals surface area contributed by atoms with Crippen LogP contribution in [0.2, 0.25) is 0 Å². The zero-order valence-corrected chi connectivity index (χ0v) is 12.3. The molecule has 0 unspecified atom stereocenters. The number of nitrogens with one attached hydrogen (secondary N) is 1. The van der Waals surface area contributed by atoms with Gasteiger partial charge in [-0.3, -0.25) is 10.3 Å². The number of rotatable bonds is 3. The molecule has 2 aromatic carbocycles. The van der Waals surface area contributed by atoms with E-state index < -0.39 is 11.8 Å². The van der Waals surface area contributed by atoms with Crippen molar-refractivity contribution in [1.29, 1.82) is 5.41 Å². The first-order chi connectivity index (χ1) is 10.6. The third-order valence-electron chi connectivity index (χ3n) is 3.37. The number of benzene rings is 2. The maximum Gasteiger partial charge on any atom is 0.335 e. The Labute approximate surface area is 132 Å². The lowest BCUT2D eigenvalue weighted by Gasteiger charge is -2.17. The number of halogens is 1. The molecule has 0 saturated carbocycles. The predicted octanol–water partition coefficient (Wildman–Crippen LogP) is 3.57. The molecule has 1 heterocycles. The molecule has 1 aliphatic rings. The van der Waals surface area contributed by atoms with Crippen LogP contribution >= 0.6 is 12.2 Å². The highest BCUT2D eigenvalue weighted by Crippen LogP contribution is 2.24. The molecule has 0 radical (unpaired) electrons. The van der Waals surface area contributed by atoms with Gasteiger partial charge in [0.25, 0.3) is 0 Å². The number of carbonyl (C=O) groups is 1. The van der Waals surface area contributed by atoms with Gasteiger partial charge in [0.1, 0.15) is 5.82 Å². The third-order valence-corrected chi connectivity index (χ3v) is 3.74. The molecule has 1 N–H and O–H groups in total. The topological polar surface area (TPSA) is 47.4 Å². The van der Waals surface area contributed by atoms with Gasteiger partial charge in [-0.25, -0.2) is 14.1 Å². The minimum atomic E-state index is -0.398. The second kappa shape index (κ2) is 5.65. The first kappa shape index (κ1) is 14.3. The third kappa shape index (κ3) is 2.48. The molecule has 3 rings (SSSR count). The van der Waals surface area contributed by atoms with E-state index in [2.05, 4.69) is 0 Å². The Morgan fingerprint density at radius 2 is 1.68 bits per heavy atom. The quantitative estimate of drug-likeness (QED) is 0.881. The molecular weight excluding hydrogens is 301 g/mol. The summed E-state index contributed by atoms with van der Waals surface area (Å²) in [6.45, 7) is 0.274. The fraction of sp³-hybridized carbons (Fsp3) is 0.0625. The molecule has 0 atom stereocenters. The minimum absolute atomic E-state index is 0.0202. The second-order valence-corrected chi connectivity index (χ2v) is 5.21. The molecule has 6 heteroatoms. The van der Waals surface area contributed by atoms with Gasteiger partial charge >= 0.3 is 6.03 Å². The van der Waals surface area contributed by atoms with Crippen LogP contribution in [0.5, 0.6) is 0 Å². The monoisotopic (exact) mass is 313 g/mol. The van der Waals surface area contributed by atoms with Gasteiger partial charge in [0.05, 0.1) is 12.2 Å². The first-order valence-electron chi connectivity index (χ1n) is 6.62. The number of anilines is 1. The summed E-state index contributed by atoms with van der Waals surface area (Å²) in [5.41, 5.74) is 1.36. The van der Waals surface area contributed by atoms with Gasteiger partial charge in [0.2, 0.25) is 0 Å². The van der Waals surface area contributed by atoms with Crippen molar-refractivity contribution in [2.75, 3.05) is 4.90 Å². The smallest absolute Gasteiger partial charge is 0.282 e. The summed E-state index contributed by atoms with van der Waals surface area (Å²) < 4.78 is 13.0. The van der Waals surface area contributed by atoms with Crippen LogP contribution in [0.1, 0.15) is 5.56 Å². The standard InChI is InChI=1S/C16H12FN3OS/c17-12-6-8-13(9-7-12)20-15(22)14(18)19(16(20)21)10-11-4-2-1-3-5-11/h1-9,18H,10H2. The van der Waals surface area contributed by atoms with Crippen LogP contribution in [0.25, 0.3) is 0 Å². The van der Waals surface area contributed by atoms with Gasteiger partial charge in [0, 0.05) is 0 Å². The molecule has 4 nitrogen and oxygen atoms in total. The fourth-order valence-electron chi connectivity index (χ4n) is 2.26. The van der Waals surface area contributed by atoms with Crippen LogP contribution in [0.15, 0.2) is 54.6 Å². The summed E-state index contributed by atoms with van der Waals surface area (Å²) >= 11 is 5.19. The number of urea groups is 1. The molecule has 2 amide bonds. The van der Waals surface area contributed by atoms with E-state index in [-0.39, 0.29) is 17.4 Å². The maximum atomic E-state index is 13.0. The molecule has 1 fully saturated rings. The van der Waals surface area contributed by atoms with Crippen LogP contribution < -0.4 is 4.90 Å². The van der Waals surface area contributed by atoms with Gasteiger partial charge in [-0.1, -0.05) is 42.5 Å². The lowest BCUT2D eigenvalue weighted by molar-refractivity contribution is 0.231. The predicted molar refractivity (Wildman–Crippen MR) is 86.6 cm³/mol. The van der Waals surface area contributed by atoms with Crippen molar-refractivity contribution in [3.63, 3.8) is 0 Å². The number of thiocarbonyl (C=S) groups is 1. The Bertz CT molecular complexity index is 746. The molecule has 2 aromatic rings. The first-order valence-corrected chi connectivity index (χ1v) is 7.03. The highest BCUT2D eigenvalue weighted by atomic mass is 32.1. The lowest BCUT2D eigenvalue weighted by atomic mass is 10.2. The molecule has 0 aromatic heterocycles. The van der Waals surface area contributed by atoms with E-state index in [9.17, 15) is 9.18 Å². The van der Waals surface area contributed by atoms with Crippen molar-refractivity contribution in [2.45, 2.75) is 6.54 Å². The Morgan fingerprint density at radius 3 is 2.32 bits per heavy atom. The molecule has 1 aliphatic heterocycles. The zero-order valence-electron chi connectivity index (χ0n) is 11.5. The summed E-state index contributed by atoms with van der Waals surface area (Å²) in [6.07, 6.45) is 0. The van der Waals surface area contributed by atoms with E-state index in [1.54, 1.807) is 0 Å². The van der Waals surface area contributed by atoms with Crippen LogP contribution in [0.3, 0.4) is 0 Å². The van der Waals surface area contributed by atoms with Crippen LogP contribution in [0, 0.1) is 11.2 Å². The summed E-state index contributed by atoms with van der Waals surface area (Å²) in [6, 6.07) is 14.4. The maximum absolute atomic E-state index is 13.0. The van der Waals surface area contributed by atoms with Gasteiger partial charge in [-0.2, -0.15) is 0 Å². The summed E-state index contributed by atoms with van der Waals surface area (Å²) in [4.78, 5) is 15.2. The average Bonchev–Trinajstić information content (AvgIpc) is 2.73. The van der Waals surface area contributed by atoms with Crippen molar-refractivity contribution < 1.29 is 9.18 Å². The highest BCUT2D eigenvalue weighted by Gasteiger charge is 2.39. The SMILES string of the molecule is N=C1C(=S)N(c2ccc(F)cc2)C(=O)N1Cc1ccccc1. The highest BCUT2D eigenvalue weighted by molar-refractivity contribution is 7.82. The lowest BCUT2D eigenvalue weighted by Crippen LogP contribution is -2.32. The molecular formula is C16H12FN3OS. The van der Waals surface area contributed by atoms with Crippen molar-refractivity contribution in [3.8, 4) is 0 Å². The number of carbonyl (C=O) groups excluding carboxylic acids is 1. The molecule has 0 spiro atoms. The van der Waals surface area contributed by atoms with Gasteiger partial charge in [0.15, 0.2) is 10.8 Å². The summed E-state index contributed by atoms with van der Waals surface area (Å²) in [7, 11) is 0. The van der Waals surface area contributed by atoms with E-state index in [0.29, 0.717) is 5.69 Å². The summed E-state index contributed by atoms with van der Waals surface area (Å²) in [5.74, 6) is -0.411. The minimum Gasteiger partial charge on any atom is -0.282 e. The molecule has 0 aliphatic carbocycles. The zero-order chi connectivity index (χ0) is 15.7. The summed E-state index contributed by atoms with van der Waals surface area (Å²) in [5, 5.41) is 8.06. The van der Waals surface area contributed by atoms with E-state index in [4.69, 9.17) is 17.6 Å². The number of hydrogen-bond donors (Lipinski definition) is 1. The molecule has 22 heavy (non-hydrogen) atoms. The van der Waals surface area contributed by atoms with Crippen molar-refractivity contribution in [1.82, 2.24) is 4.90 Å². The molecule has 0 bridgehead atoms. The van der Waals surface area contributed by atoms with Gasteiger partial charge in [-0.05, 0) is 29.8 Å². The normalized spacial score (nSPS) is 14.9. The number of hydrogen-bond acceptors (Lipinski definition) is 3. The Hall–Kier alpha value is -2.60. The number of amides is 2. The van der Waals surface area contributed by atoms with Crippen LogP contribution in [-0.4, -0.2) is 21.8 Å². The van der Waals surface area contributed by atoms with E-state index in [1.807, 2.05) is 30.3 Å². The van der Waals surface area contributed by atoms with E-state index in [1.165, 1.54) is 34.1 Å². The Kier molecular flexibility index (Phi) is 3.68. The second-order valence-electron chi connectivity index (χ2n) is 4.82. The molecule has 1 saturated heterocycles. The van der Waals surface area contributed by atoms with Crippen molar-refractivity contribution >= 4 is 34.8 Å². The average molecular weight is 313 g/mol. The van der Waals surface area contributed by atoms with E-state index >= 15 is 0 Å². The van der Waals surface area contributed by atoms with Crippen LogP contribution in [0.4, 0.5) is 14.9 Å². The van der Waals surface area contributed by atoms with Gasteiger partial charge in [-0.15, -0.1) is 0 Å². The van der Waals surface area contributed by atoms with Crippen molar-refractivity contribution in [2.24, 2.45) is 0 Å². The Balaban J connectivity index is 1.89. The largest absolute Gasteiger partial charge is 0.335 e. The fourth-order valence-corrected chi connectivity index (χ4v) is 2.55.